The first kappa shape index (κ1) is 23.4. The van der Waals surface area contributed by atoms with E-state index in [1.807, 2.05) is 5.38 Å². The summed E-state index contributed by atoms with van der Waals surface area (Å²) in [5.74, 6) is -2.18. The first-order chi connectivity index (χ1) is 16.1. The van der Waals surface area contributed by atoms with Crippen LogP contribution < -0.4 is 14.8 Å². The second kappa shape index (κ2) is 9.23. The number of benzene rings is 2. The van der Waals surface area contributed by atoms with Crippen molar-refractivity contribution in [2.75, 3.05) is 11.9 Å². The van der Waals surface area contributed by atoms with E-state index in [4.69, 9.17) is 4.74 Å². The van der Waals surface area contributed by atoms with Gasteiger partial charge in [-0.15, -0.1) is 20.1 Å². The molecule has 2 aromatic carbocycles. The average molecular weight is 509 g/mol. The van der Waals surface area contributed by atoms with Crippen molar-refractivity contribution in [3.63, 3.8) is 0 Å². The molecule has 0 saturated carbocycles. The molecule has 176 valence electrons. The van der Waals surface area contributed by atoms with Gasteiger partial charge in [-0.3, -0.25) is 14.9 Å². The van der Waals surface area contributed by atoms with E-state index in [0.29, 0.717) is 9.24 Å². The lowest BCUT2D eigenvalue weighted by Crippen LogP contribution is -2.25. The van der Waals surface area contributed by atoms with Crippen molar-refractivity contribution in [2.24, 2.45) is 0 Å². The Morgan fingerprint density at radius 2 is 2.00 bits per heavy atom. The second-order valence-corrected chi connectivity index (χ2v) is 8.90. The molecule has 0 atom stereocenters. The quantitative estimate of drug-likeness (QED) is 0.275. The molecule has 4 rings (SSSR count). The number of carbonyl (C=O) groups is 2. The number of aromatic nitrogens is 1. The van der Waals surface area contributed by atoms with Gasteiger partial charge in [0.25, 0.3) is 11.6 Å². The van der Waals surface area contributed by atoms with Crippen molar-refractivity contribution in [3.8, 4) is 11.5 Å². The number of aryl methyl sites for hydroxylation is 1. The first-order valence-electron chi connectivity index (χ1n) is 9.35. The van der Waals surface area contributed by atoms with Gasteiger partial charge in [0.05, 0.1) is 15.4 Å². The average Bonchev–Trinajstić information content (AvgIpc) is 3.32. The molecule has 0 fully saturated rings. The number of esters is 1. The highest BCUT2D eigenvalue weighted by atomic mass is 32.2. The Bertz CT molecular complexity index is 1300. The van der Waals surface area contributed by atoms with Crippen LogP contribution in [0.15, 0.2) is 51.0 Å². The number of thiazole rings is 1. The smallest absolute Gasteiger partial charge is 0.452 e. The summed E-state index contributed by atoms with van der Waals surface area (Å²) in [7, 11) is 0. The fourth-order valence-corrected chi connectivity index (χ4v) is 4.66. The molecular weight excluding hydrogens is 496 g/mol. The van der Waals surface area contributed by atoms with Gasteiger partial charge in [0.15, 0.2) is 22.4 Å². The number of alkyl halides is 2. The van der Waals surface area contributed by atoms with Crippen LogP contribution in [-0.2, 0) is 9.53 Å². The molecule has 0 unspecified atom stereocenters. The highest BCUT2D eigenvalue weighted by Gasteiger charge is 2.43. The van der Waals surface area contributed by atoms with E-state index in [2.05, 4.69) is 19.8 Å². The Kier molecular flexibility index (Phi) is 6.34. The van der Waals surface area contributed by atoms with Gasteiger partial charge in [0, 0.05) is 28.9 Å². The Labute approximate surface area is 198 Å². The van der Waals surface area contributed by atoms with Crippen LogP contribution in [0.4, 0.5) is 20.2 Å². The van der Waals surface area contributed by atoms with E-state index in [0.717, 1.165) is 29.6 Å². The number of ether oxygens (including phenoxy) is 3. The number of carbonyl (C=O) groups excluding carboxylic acids is 2. The van der Waals surface area contributed by atoms with Crippen molar-refractivity contribution >= 4 is 46.3 Å². The summed E-state index contributed by atoms with van der Waals surface area (Å²) >= 11 is 2.43. The SMILES string of the molecule is Cc1csc(Sc2ccc(C(=O)OCC(=O)Nc3ccc4c(c3)OC(F)(F)O4)cc2[N+](=O)[O-])n1. The molecule has 0 aliphatic carbocycles. The molecule has 34 heavy (non-hydrogen) atoms. The van der Waals surface area contributed by atoms with Crippen molar-refractivity contribution in [3.05, 3.63) is 63.1 Å². The van der Waals surface area contributed by atoms with Gasteiger partial charge in [0.2, 0.25) is 0 Å². The molecule has 0 radical (unpaired) electrons. The molecule has 14 heteroatoms. The minimum atomic E-state index is -3.80. The van der Waals surface area contributed by atoms with Gasteiger partial charge in [-0.05, 0) is 31.2 Å². The van der Waals surface area contributed by atoms with E-state index in [-0.39, 0.29) is 28.4 Å². The van der Waals surface area contributed by atoms with Crippen LogP contribution in [-0.4, -0.2) is 34.7 Å². The van der Waals surface area contributed by atoms with Gasteiger partial charge in [-0.25, -0.2) is 9.78 Å². The number of hydrogen-bond acceptors (Lipinski definition) is 10. The van der Waals surface area contributed by atoms with Crippen LogP contribution in [0, 0.1) is 17.0 Å². The number of nitrogens with one attached hydrogen (secondary N) is 1. The van der Waals surface area contributed by atoms with Gasteiger partial charge >= 0.3 is 12.3 Å². The maximum atomic E-state index is 13.1. The van der Waals surface area contributed by atoms with Crippen LogP contribution in [0.2, 0.25) is 0 Å². The number of nitro benzene ring substituents is 1. The van der Waals surface area contributed by atoms with Crippen molar-refractivity contribution in [1.82, 2.24) is 4.98 Å². The molecule has 1 N–H and O–H groups in total. The Morgan fingerprint density at radius 3 is 2.71 bits per heavy atom. The third-order valence-corrected chi connectivity index (χ3v) is 6.33. The summed E-state index contributed by atoms with van der Waals surface area (Å²) in [6.45, 7) is 1.08. The Hall–Kier alpha value is -3.78. The van der Waals surface area contributed by atoms with Crippen molar-refractivity contribution < 1.29 is 37.5 Å². The zero-order valence-corrected chi connectivity index (χ0v) is 18.7. The van der Waals surface area contributed by atoms with Gasteiger partial charge < -0.3 is 19.5 Å². The van der Waals surface area contributed by atoms with E-state index >= 15 is 0 Å². The zero-order chi connectivity index (χ0) is 24.5. The second-order valence-electron chi connectivity index (χ2n) is 6.75. The van der Waals surface area contributed by atoms with E-state index < -0.39 is 29.7 Å². The molecule has 3 aromatic rings. The molecule has 2 heterocycles. The summed E-state index contributed by atoms with van der Waals surface area (Å²) in [5.41, 5.74) is 0.459. The molecule has 1 aromatic heterocycles. The molecular formula is C20H13F2N3O7S2. The maximum Gasteiger partial charge on any atom is 0.586 e. The standard InChI is InChI=1S/C20H13F2N3O7S2/c1-10-9-33-19(23-10)34-16-5-2-11(6-13(16)25(28)29)18(27)30-8-17(26)24-12-3-4-14-15(7-12)32-20(21,22)31-14/h2-7,9H,8H2,1H3,(H,24,26). The first-order valence-corrected chi connectivity index (χ1v) is 11.0. The lowest BCUT2D eigenvalue weighted by Gasteiger charge is -2.08. The van der Waals surface area contributed by atoms with Crippen LogP contribution >= 0.6 is 23.1 Å². The third-order valence-electron chi connectivity index (χ3n) is 4.21. The summed E-state index contributed by atoms with van der Waals surface area (Å²) in [6.07, 6.45) is -3.80. The number of nitrogens with zero attached hydrogens (tertiary/aromatic N) is 2. The minimum Gasteiger partial charge on any atom is -0.452 e. The van der Waals surface area contributed by atoms with Crippen molar-refractivity contribution in [1.29, 1.82) is 0 Å². The summed E-state index contributed by atoms with van der Waals surface area (Å²) < 4.78 is 40.2. The number of hydrogen-bond donors (Lipinski definition) is 1. The molecule has 0 spiro atoms. The van der Waals surface area contributed by atoms with E-state index in [1.54, 1.807) is 6.92 Å². The van der Waals surface area contributed by atoms with Gasteiger partial charge in [0.1, 0.15) is 0 Å². The fraction of sp³-hybridized carbons (Fsp3) is 0.150. The molecule has 0 saturated heterocycles. The molecule has 1 aliphatic heterocycles. The lowest BCUT2D eigenvalue weighted by atomic mass is 10.2. The Morgan fingerprint density at radius 1 is 1.24 bits per heavy atom. The lowest BCUT2D eigenvalue weighted by molar-refractivity contribution is -0.387. The number of fused-ring (bicyclic) bond motifs is 1. The minimum absolute atomic E-state index is 0.107. The highest BCUT2D eigenvalue weighted by molar-refractivity contribution is 8.01. The van der Waals surface area contributed by atoms with Crippen LogP contribution in [0.1, 0.15) is 16.1 Å². The van der Waals surface area contributed by atoms with E-state index in [1.165, 1.54) is 35.6 Å². The van der Waals surface area contributed by atoms with Crippen LogP contribution in [0.3, 0.4) is 0 Å². The van der Waals surface area contributed by atoms with Crippen LogP contribution in [0.25, 0.3) is 0 Å². The number of rotatable bonds is 7. The maximum absolute atomic E-state index is 13.1. The van der Waals surface area contributed by atoms with Crippen LogP contribution in [0.5, 0.6) is 11.5 Å². The van der Waals surface area contributed by atoms with E-state index in [9.17, 15) is 28.5 Å². The molecule has 0 bridgehead atoms. The topological polar surface area (TPSA) is 130 Å². The van der Waals surface area contributed by atoms with Gasteiger partial charge in [-0.1, -0.05) is 11.8 Å². The molecule has 1 aliphatic rings. The third kappa shape index (κ3) is 5.40. The summed E-state index contributed by atoms with van der Waals surface area (Å²) in [6, 6.07) is 7.41. The predicted octanol–water partition coefficient (Wildman–Crippen LogP) is 4.63. The predicted molar refractivity (Wildman–Crippen MR) is 116 cm³/mol. The molecule has 10 nitrogen and oxygen atoms in total. The summed E-state index contributed by atoms with van der Waals surface area (Å²) in [5, 5.41) is 15.6. The normalized spacial score (nSPS) is 13.4. The van der Waals surface area contributed by atoms with Crippen molar-refractivity contribution in [2.45, 2.75) is 22.5 Å². The highest BCUT2D eigenvalue weighted by Crippen LogP contribution is 2.42. The molecule has 1 amide bonds. The monoisotopic (exact) mass is 509 g/mol. The van der Waals surface area contributed by atoms with Gasteiger partial charge in [-0.2, -0.15) is 0 Å². The zero-order valence-electron chi connectivity index (χ0n) is 17.1. The largest absolute Gasteiger partial charge is 0.586 e. The number of nitro groups is 1. The number of halogens is 2. The Balaban J connectivity index is 1.37. The number of amides is 1. The summed E-state index contributed by atoms with van der Waals surface area (Å²) in [4.78, 5) is 39.8. The fourth-order valence-electron chi connectivity index (χ4n) is 2.78. The number of anilines is 1.